The number of anilines is 1. The predicted molar refractivity (Wildman–Crippen MR) is 63.5 cm³/mol. The van der Waals surface area contributed by atoms with E-state index in [0.717, 1.165) is 11.7 Å². The topological polar surface area (TPSA) is 21.3 Å². The largest absolute Gasteiger partial charge is 0.496 e. The van der Waals surface area contributed by atoms with E-state index in [1.807, 2.05) is 6.07 Å². The van der Waals surface area contributed by atoms with Gasteiger partial charge in [0.05, 0.1) is 7.11 Å². The first-order valence-corrected chi connectivity index (χ1v) is 5.62. The van der Waals surface area contributed by atoms with Crippen LogP contribution in [0.2, 0.25) is 0 Å². The lowest BCUT2D eigenvalue weighted by molar-refractivity contribution is 0.412. The molecule has 0 heterocycles. The van der Waals surface area contributed by atoms with Crippen molar-refractivity contribution in [3.05, 3.63) is 23.8 Å². The van der Waals surface area contributed by atoms with Crippen molar-refractivity contribution in [1.29, 1.82) is 0 Å². The van der Waals surface area contributed by atoms with E-state index in [2.05, 4.69) is 31.3 Å². The van der Waals surface area contributed by atoms with Gasteiger partial charge in [-0.05, 0) is 56.4 Å². The predicted octanol–water partition coefficient (Wildman–Crippen LogP) is 3.21. The number of methoxy groups -OCH3 is 1. The first-order valence-electron chi connectivity index (χ1n) is 5.62. The molecule has 1 unspecified atom stereocenters. The lowest BCUT2D eigenvalue weighted by Crippen LogP contribution is -2.17. The minimum absolute atomic E-state index is 0.595. The lowest BCUT2D eigenvalue weighted by atomic mass is 10.1. The summed E-state index contributed by atoms with van der Waals surface area (Å²) in [5.41, 5.74) is 2.39. The molecule has 1 aliphatic rings. The van der Waals surface area contributed by atoms with Crippen LogP contribution >= 0.6 is 0 Å². The summed E-state index contributed by atoms with van der Waals surface area (Å²) >= 11 is 0. The standard InChI is InChI=1S/C13H19NO/c1-9-8-12(6-7-13(9)15-3)14-10(2)11-4-5-11/h6-8,10-11,14H,4-5H2,1-3H3. The third kappa shape index (κ3) is 2.44. The molecule has 2 heteroatoms. The van der Waals surface area contributed by atoms with Crippen LogP contribution in [0.1, 0.15) is 25.3 Å². The van der Waals surface area contributed by atoms with Crippen molar-refractivity contribution in [3.8, 4) is 5.75 Å². The fourth-order valence-corrected chi connectivity index (χ4v) is 1.95. The van der Waals surface area contributed by atoms with Crippen LogP contribution in [0.25, 0.3) is 0 Å². The number of hydrogen-bond donors (Lipinski definition) is 1. The van der Waals surface area contributed by atoms with Crippen molar-refractivity contribution >= 4 is 5.69 Å². The van der Waals surface area contributed by atoms with Crippen LogP contribution in [0.3, 0.4) is 0 Å². The average Bonchev–Trinajstić information content (AvgIpc) is 3.01. The normalized spacial score (nSPS) is 17.3. The van der Waals surface area contributed by atoms with E-state index in [9.17, 15) is 0 Å². The Hall–Kier alpha value is -1.18. The number of nitrogens with one attached hydrogen (secondary N) is 1. The van der Waals surface area contributed by atoms with E-state index in [1.165, 1.54) is 24.1 Å². The number of hydrogen-bond acceptors (Lipinski definition) is 2. The molecule has 1 atom stereocenters. The third-order valence-corrected chi connectivity index (χ3v) is 3.12. The van der Waals surface area contributed by atoms with Crippen molar-refractivity contribution in [2.45, 2.75) is 32.7 Å². The van der Waals surface area contributed by atoms with Gasteiger partial charge in [-0.25, -0.2) is 0 Å². The summed E-state index contributed by atoms with van der Waals surface area (Å²) in [7, 11) is 1.71. The Balaban J connectivity index is 2.05. The fraction of sp³-hybridized carbons (Fsp3) is 0.538. The van der Waals surface area contributed by atoms with Crippen molar-refractivity contribution < 1.29 is 4.74 Å². The summed E-state index contributed by atoms with van der Waals surface area (Å²) < 4.78 is 5.24. The average molecular weight is 205 g/mol. The maximum absolute atomic E-state index is 5.24. The van der Waals surface area contributed by atoms with Crippen LogP contribution in [0.5, 0.6) is 5.75 Å². The Morgan fingerprint density at radius 1 is 1.40 bits per heavy atom. The molecule has 15 heavy (non-hydrogen) atoms. The number of rotatable bonds is 4. The Morgan fingerprint density at radius 3 is 2.67 bits per heavy atom. The second kappa shape index (κ2) is 4.13. The summed E-state index contributed by atoms with van der Waals surface area (Å²) in [6, 6.07) is 6.86. The summed E-state index contributed by atoms with van der Waals surface area (Å²) in [5, 5.41) is 3.54. The molecule has 0 saturated heterocycles. The zero-order chi connectivity index (χ0) is 10.8. The van der Waals surface area contributed by atoms with Gasteiger partial charge in [0.1, 0.15) is 5.75 Å². The van der Waals surface area contributed by atoms with Crippen LogP contribution in [-0.2, 0) is 0 Å². The van der Waals surface area contributed by atoms with E-state index in [1.54, 1.807) is 7.11 Å². The van der Waals surface area contributed by atoms with Gasteiger partial charge in [-0.1, -0.05) is 0 Å². The molecule has 1 aliphatic carbocycles. The molecule has 2 nitrogen and oxygen atoms in total. The van der Waals surface area contributed by atoms with E-state index in [0.29, 0.717) is 6.04 Å². The van der Waals surface area contributed by atoms with Crippen LogP contribution in [0.4, 0.5) is 5.69 Å². The van der Waals surface area contributed by atoms with Gasteiger partial charge in [-0.15, -0.1) is 0 Å². The maximum Gasteiger partial charge on any atom is 0.121 e. The van der Waals surface area contributed by atoms with Gasteiger partial charge < -0.3 is 10.1 Å². The monoisotopic (exact) mass is 205 g/mol. The van der Waals surface area contributed by atoms with Crippen LogP contribution < -0.4 is 10.1 Å². The highest BCUT2D eigenvalue weighted by Gasteiger charge is 2.27. The number of ether oxygens (including phenoxy) is 1. The molecule has 1 fully saturated rings. The molecular weight excluding hydrogens is 186 g/mol. The van der Waals surface area contributed by atoms with Gasteiger partial charge in [-0.3, -0.25) is 0 Å². The highest BCUT2D eigenvalue weighted by molar-refractivity contribution is 5.51. The van der Waals surface area contributed by atoms with Gasteiger partial charge in [0, 0.05) is 11.7 Å². The van der Waals surface area contributed by atoms with Crippen molar-refractivity contribution in [2.24, 2.45) is 5.92 Å². The van der Waals surface area contributed by atoms with Crippen molar-refractivity contribution in [2.75, 3.05) is 12.4 Å². The molecule has 1 saturated carbocycles. The molecule has 0 spiro atoms. The Morgan fingerprint density at radius 2 is 2.13 bits per heavy atom. The summed E-state index contributed by atoms with van der Waals surface area (Å²) in [6.45, 7) is 4.34. The Bertz CT molecular complexity index is 344. The van der Waals surface area contributed by atoms with Gasteiger partial charge in [0.25, 0.3) is 0 Å². The number of aryl methyl sites for hydroxylation is 1. The van der Waals surface area contributed by atoms with Gasteiger partial charge in [0.2, 0.25) is 0 Å². The van der Waals surface area contributed by atoms with E-state index < -0.39 is 0 Å². The second-order valence-corrected chi connectivity index (χ2v) is 4.45. The molecule has 0 aliphatic heterocycles. The van der Waals surface area contributed by atoms with E-state index in [4.69, 9.17) is 4.74 Å². The summed E-state index contributed by atoms with van der Waals surface area (Å²) in [6.07, 6.45) is 2.76. The van der Waals surface area contributed by atoms with Crippen LogP contribution in [-0.4, -0.2) is 13.2 Å². The lowest BCUT2D eigenvalue weighted by Gasteiger charge is -2.15. The molecule has 1 N–H and O–H groups in total. The molecule has 0 aromatic heterocycles. The molecule has 2 rings (SSSR count). The SMILES string of the molecule is COc1ccc(NC(C)C2CC2)cc1C. The van der Waals surface area contributed by atoms with Gasteiger partial charge in [-0.2, -0.15) is 0 Å². The molecule has 0 radical (unpaired) electrons. The van der Waals surface area contributed by atoms with Crippen molar-refractivity contribution in [1.82, 2.24) is 0 Å². The summed E-state index contributed by atoms with van der Waals surface area (Å²) in [5.74, 6) is 1.84. The first kappa shape index (κ1) is 10.3. The van der Waals surface area contributed by atoms with E-state index >= 15 is 0 Å². The van der Waals surface area contributed by atoms with Gasteiger partial charge >= 0.3 is 0 Å². The van der Waals surface area contributed by atoms with Gasteiger partial charge in [0.15, 0.2) is 0 Å². The number of benzene rings is 1. The van der Waals surface area contributed by atoms with Crippen molar-refractivity contribution in [3.63, 3.8) is 0 Å². The molecular formula is C13H19NO. The smallest absolute Gasteiger partial charge is 0.121 e. The quantitative estimate of drug-likeness (QED) is 0.815. The zero-order valence-corrected chi connectivity index (χ0v) is 9.71. The molecule has 1 aromatic rings. The first-order chi connectivity index (χ1) is 7.20. The second-order valence-electron chi connectivity index (χ2n) is 4.45. The highest BCUT2D eigenvalue weighted by Crippen LogP contribution is 2.34. The molecule has 82 valence electrons. The Kier molecular flexibility index (Phi) is 2.85. The van der Waals surface area contributed by atoms with Crippen LogP contribution in [0, 0.1) is 12.8 Å². The van der Waals surface area contributed by atoms with Crippen LogP contribution in [0.15, 0.2) is 18.2 Å². The minimum atomic E-state index is 0.595. The summed E-state index contributed by atoms with van der Waals surface area (Å²) in [4.78, 5) is 0. The molecule has 1 aromatic carbocycles. The molecule has 0 bridgehead atoms. The highest BCUT2D eigenvalue weighted by atomic mass is 16.5. The van der Waals surface area contributed by atoms with E-state index in [-0.39, 0.29) is 0 Å². The maximum atomic E-state index is 5.24. The zero-order valence-electron chi connectivity index (χ0n) is 9.71. The minimum Gasteiger partial charge on any atom is -0.496 e. The third-order valence-electron chi connectivity index (χ3n) is 3.12. The Labute approximate surface area is 91.6 Å². The molecule has 0 amide bonds. The fourth-order valence-electron chi connectivity index (χ4n) is 1.95.